The first-order valence-electron chi connectivity index (χ1n) is 3.33. The Kier molecular flexibility index (Phi) is 3.47. The average molecular weight is 237 g/mol. The number of rotatable bonds is 1. The molecule has 0 fully saturated rings. The van der Waals surface area contributed by atoms with Gasteiger partial charge in [-0.05, 0) is 12.1 Å². The summed E-state index contributed by atoms with van der Waals surface area (Å²) in [4.78, 5) is 11.5. The highest BCUT2D eigenvalue weighted by molar-refractivity contribution is 7.80. The van der Waals surface area contributed by atoms with Gasteiger partial charge in [-0.3, -0.25) is 0 Å². The van der Waals surface area contributed by atoms with Crippen LogP contribution in [0.4, 0.5) is 0 Å². The average Bonchev–Trinajstić information content (AvgIpc) is 2.13. The van der Waals surface area contributed by atoms with Crippen LogP contribution < -0.4 is 0 Å². The van der Waals surface area contributed by atoms with Crippen molar-refractivity contribution in [3.8, 4) is 0 Å². The maximum Gasteiger partial charge on any atom is 0.339 e. The van der Waals surface area contributed by atoms with Gasteiger partial charge in [-0.25, -0.2) is 4.79 Å². The minimum Gasteiger partial charge on any atom is -0.465 e. The summed E-state index contributed by atoms with van der Waals surface area (Å²) in [6.07, 6.45) is 0. The Bertz CT molecular complexity index is 352. The molecular formula is C8H6Cl2O2S. The summed E-state index contributed by atoms with van der Waals surface area (Å²) in [5.41, 5.74) is 0.306. The summed E-state index contributed by atoms with van der Waals surface area (Å²) in [5.74, 6) is -0.483. The highest BCUT2D eigenvalue weighted by Crippen LogP contribution is 2.31. The zero-order valence-corrected chi connectivity index (χ0v) is 9.08. The van der Waals surface area contributed by atoms with Gasteiger partial charge in [-0.15, -0.1) is 12.6 Å². The van der Waals surface area contributed by atoms with Crippen LogP contribution in [0.3, 0.4) is 0 Å². The summed E-state index contributed by atoms with van der Waals surface area (Å²) >= 11 is 15.5. The molecule has 0 atom stereocenters. The molecule has 0 N–H and O–H groups in total. The van der Waals surface area contributed by atoms with Gasteiger partial charge >= 0.3 is 5.97 Å². The van der Waals surface area contributed by atoms with Gasteiger partial charge in [0.1, 0.15) is 0 Å². The van der Waals surface area contributed by atoms with E-state index >= 15 is 0 Å². The van der Waals surface area contributed by atoms with E-state index in [0.29, 0.717) is 15.5 Å². The van der Waals surface area contributed by atoms with Gasteiger partial charge in [0.2, 0.25) is 0 Å². The quantitative estimate of drug-likeness (QED) is 0.600. The molecule has 0 saturated heterocycles. The molecule has 0 heterocycles. The summed E-state index contributed by atoms with van der Waals surface area (Å²) in [7, 11) is 1.29. The molecular weight excluding hydrogens is 231 g/mol. The first-order chi connectivity index (χ1) is 6.07. The molecule has 13 heavy (non-hydrogen) atoms. The van der Waals surface area contributed by atoms with Crippen molar-refractivity contribution in [2.75, 3.05) is 7.11 Å². The van der Waals surface area contributed by atoms with Crippen LogP contribution in [0.25, 0.3) is 0 Å². The van der Waals surface area contributed by atoms with Crippen molar-refractivity contribution in [2.45, 2.75) is 4.90 Å². The van der Waals surface area contributed by atoms with E-state index in [0.717, 1.165) is 0 Å². The van der Waals surface area contributed by atoms with Crippen molar-refractivity contribution in [3.63, 3.8) is 0 Å². The lowest BCUT2D eigenvalue weighted by atomic mass is 10.2. The topological polar surface area (TPSA) is 26.3 Å². The Morgan fingerprint density at radius 2 is 2.08 bits per heavy atom. The van der Waals surface area contributed by atoms with E-state index in [-0.39, 0.29) is 5.02 Å². The summed E-state index contributed by atoms with van der Waals surface area (Å²) in [6, 6.07) is 3.04. The molecule has 1 aromatic rings. The molecule has 5 heteroatoms. The van der Waals surface area contributed by atoms with Crippen molar-refractivity contribution < 1.29 is 9.53 Å². The molecule has 1 rings (SSSR count). The minimum atomic E-state index is -0.483. The molecule has 0 radical (unpaired) electrons. The predicted octanol–water partition coefficient (Wildman–Crippen LogP) is 3.07. The maximum absolute atomic E-state index is 11.1. The SMILES string of the molecule is COC(=O)c1ccc(Cl)c(Cl)c1S. The van der Waals surface area contributed by atoms with E-state index in [1.807, 2.05) is 0 Å². The van der Waals surface area contributed by atoms with Crippen LogP contribution in [0.1, 0.15) is 10.4 Å². The lowest BCUT2D eigenvalue weighted by Gasteiger charge is -2.05. The minimum absolute atomic E-state index is 0.257. The first kappa shape index (κ1) is 10.7. The zero-order valence-electron chi connectivity index (χ0n) is 6.67. The van der Waals surface area contributed by atoms with E-state index in [1.165, 1.54) is 19.2 Å². The van der Waals surface area contributed by atoms with Gasteiger partial charge in [-0.1, -0.05) is 23.2 Å². The molecule has 0 unspecified atom stereocenters. The second-order valence-corrected chi connectivity index (χ2v) is 3.48. The van der Waals surface area contributed by atoms with Crippen LogP contribution in [-0.2, 0) is 4.74 Å². The highest BCUT2D eigenvalue weighted by atomic mass is 35.5. The molecule has 1 aromatic carbocycles. The van der Waals surface area contributed by atoms with E-state index in [1.54, 1.807) is 0 Å². The second kappa shape index (κ2) is 4.22. The number of methoxy groups -OCH3 is 1. The number of halogens is 2. The largest absolute Gasteiger partial charge is 0.465 e. The molecule has 0 aliphatic rings. The molecule has 0 aromatic heterocycles. The van der Waals surface area contributed by atoms with Crippen molar-refractivity contribution in [3.05, 3.63) is 27.7 Å². The van der Waals surface area contributed by atoms with Gasteiger partial charge < -0.3 is 4.74 Å². The number of hydrogen-bond acceptors (Lipinski definition) is 3. The van der Waals surface area contributed by atoms with Crippen LogP contribution in [0.5, 0.6) is 0 Å². The molecule has 70 valence electrons. The van der Waals surface area contributed by atoms with Gasteiger partial charge in [0.25, 0.3) is 0 Å². The monoisotopic (exact) mass is 236 g/mol. The van der Waals surface area contributed by atoms with Crippen LogP contribution in [-0.4, -0.2) is 13.1 Å². The predicted molar refractivity (Wildman–Crippen MR) is 55.1 cm³/mol. The van der Waals surface area contributed by atoms with Gasteiger partial charge in [0, 0.05) is 4.90 Å². The number of hydrogen-bond donors (Lipinski definition) is 1. The number of ether oxygens (including phenoxy) is 1. The fraction of sp³-hybridized carbons (Fsp3) is 0.125. The fourth-order valence-electron chi connectivity index (χ4n) is 0.815. The molecule has 2 nitrogen and oxygen atoms in total. The molecule has 0 amide bonds. The lowest BCUT2D eigenvalue weighted by molar-refractivity contribution is 0.0597. The van der Waals surface area contributed by atoms with Crippen LogP contribution in [0.2, 0.25) is 10.0 Å². The number of carbonyl (C=O) groups excluding carboxylic acids is 1. The van der Waals surface area contributed by atoms with Gasteiger partial charge in [0.15, 0.2) is 0 Å². The van der Waals surface area contributed by atoms with Gasteiger partial charge in [0.05, 0.1) is 22.7 Å². The Morgan fingerprint density at radius 3 is 2.62 bits per heavy atom. The van der Waals surface area contributed by atoms with Crippen LogP contribution in [0.15, 0.2) is 17.0 Å². The third-order valence-corrected chi connectivity index (χ3v) is 2.87. The molecule has 0 bridgehead atoms. The number of benzene rings is 1. The Morgan fingerprint density at radius 1 is 1.46 bits per heavy atom. The maximum atomic E-state index is 11.1. The van der Waals surface area contributed by atoms with E-state index in [9.17, 15) is 4.79 Å². The van der Waals surface area contributed by atoms with Gasteiger partial charge in [-0.2, -0.15) is 0 Å². The van der Waals surface area contributed by atoms with E-state index in [4.69, 9.17) is 23.2 Å². The molecule has 0 aliphatic heterocycles. The number of esters is 1. The molecule has 0 aliphatic carbocycles. The zero-order chi connectivity index (χ0) is 10.0. The van der Waals surface area contributed by atoms with Crippen molar-refractivity contribution in [1.82, 2.24) is 0 Å². The molecule has 0 saturated carbocycles. The second-order valence-electron chi connectivity index (χ2n) is 2.25. The van der Waals surface area contributed by atoms with E-state index in [2.05, 4.69) is 17.4 Å². The van der Waals surface area contributed by atoms with Crippen LogP contribution in [0, 0.1) is 0 Å². The summed E-state index contributed by atoms with van der Waals surface area (Å²) in [5, 5.41) is 0.618. The van der Waals surface area contributed by atoms with Crippen molar-refractivity contribution in [2.24, 2.45) is 0 Å². The third kappa shape index (κ3) is 2.10. The van der Waals surface area contributed by atoms with Crippen molar-refractivity contribution >= 4 is 41.8 Å². The summed E-state index contributed by atoms with van der Waals surface area (Å²) in [6.45, 7) is 0. The smallest absolute Gasteiger partial charge is 0.339 e. The Hall–Kier alpha value is -0.380. The first-order valence-corrected chi connectivity index (χ1v) is 4.53. The molecule has 0 spiro atoms. The Balaban J connectivity index is 3.26. The normalized spacial score (nSPS) is 9.85. The highest BCUT2D eigenvalue weighted by Gasteiger charge is 2.13. The lowest BCUT2D eigenvalue weighted by Crippen LogP contribution is -2.02. The number of carbonyl (C=O) groups is 1. The fourth-order valence-corrected chi connectivity index (χ4v) is 1.49. The summed E-state index contributed by atoms with van der Waals surface area (Å²) < 4.78 is 4.52. The van der Waals surface area contributed by atoms with Crippen LogP contribution >= 0.6 is 35.8 Å². The van der Waals surface area contributed by atoms with Crippen molar-refractivity contribution in [1.29, 1.82) is 0 Å². The van der Waals surface area contributed by atoms with E-state index < -0.39 is 5.97 Å². The standard InChI is InChI=1S/C8H6Cl2O2S/c1-12-8(11)4-2-3-5(9)6(10)7(4)13/h2-3,13H,1H3. The third-order valence-electron chi connectivity index (χ3n) is 1.47. The number of thiol groups is 1. The Labute approximate surface area is 91.2 Å².